The van der Waals surface area contributed by atoms with Gasteiger partial charge in [-0.1, -0.05) is 6.07 Å². The van der Waals surface area contributed by atoms with E-state index in [2.05, 4.69) is 15.7 Å². The zero-order valence-electron chi connectivity index (χ0n) is 15.3. The summed E-state index contributed by atoms with van der Waals surface area (Å²) in [4.78, 5) is 12.0. The average molecular weight is 392 g/mol. The van der Waals surface area contributed by atoms with Crippen molar-refractivity contribution in [3.8, 4) is 11.3 Å². The minimum Gasteiger partial charge on any atom is -0.464 e. The summed E-state index contributed by atoms with van der Waals surface area (Å²) >= 11 is 0. The number of rotatable bonds is 5. The molecule has 0 saturated carbocycles. The molecule has 0 saturated heterocycles. The van der Waals surface area contributed by atoms with E-state index in [-0.39, 0.29) is 12.2 Å². The third-order valence-electron chi connectivity index (χ3n) is 4.21. The molecule has 0 fully saturated rings. The van der Waals surface area contributed by atoms with Gasteiger partial charge in [-0.15, -0.1) is 0 Å². The molecule has 0 unspecified atom stereocenters. The van der Waals surface area contributed by atoms with Gasteiger partial charge in [0.2, 0.25) is 0 Å². The highest BCUT2D eigenvalue weighted by molar-refractivity contribution is 5.89. The van der Waals surface area contributed by atoms with Crippen molar-refractivity contribution in [3.63, 3.8) is 0 Å². The molecule has 2 amide bonds. The number of hydrogen-bond donors (Lipinski definition) is 2. The maximum absolute atomic E-state index is 12.7. The SMILES string of the molecule is Cc1nn(CCNC(=O)Nc2cccc(C(F)(F)F)c2)c(C)c1-c1ccco1. The Hall–Kier alpha value is -3.23. The number of amides is 2. The second kappa shape index (κ2) is 7.79. The van der Waals surface area contributed by atoms with Crippen LogP contribution in [-0.2, 0) is 12.7 Å². The fraction of sp³-hybridized carbons (Fsp3) is 0.263. The van der Waals surface area contributed by atoms with Crippen LogP contribution in [0, 0.1) is 13.8 Å². The Labute approximate surface area is 159 Å². The number of benzene rings is 1. The van der Waals surface area contributed by atoms with Gasteiger partial charge in [-0.3, -0.25) is 4.68 Å². The second-order valence-corrected chi connectivity index (χ2v) is 6.21. The summed E-state index contributed by atoms with van der Waals surface area (Å²) in [5.41, 5.74) is 1.85. The average Bonchev–Trinajstić information content (AvgIpc) is 3.23. The Morgan fingerprint density at radius 1 is 1.21 bits per heavy atom. The van der Waals surface area contributed by atoms with Crippen molar-refractivity contribution in [1.82, 2.24) is 15.1 Å². The molecule has 0 radical (unpaired) electrons. The summed E-state index contributed by atoms with van der Waals surface area (Å²) in [5.74, 6) is 0.719. The highest BCUT2D eigenvalue weighted by atomic mass is 19.4. The number of nitrogens with one attached hydrogen (secondary N) is 2. The summed E-state index contributed by atoms with van der Waals surface area (Å²) in [6, 6.07) is 7.52. The monoisotopic (exact) mass is 392 g/mol. The van der Waals surface area contributed by atoms with Crippen LogP contribution in [0.5, 0.6) is 0 Å². The van der Waals surface area contributed by atoms with Crippen molar-refractivity contribution < 1.29 is 22.4 Å². The third-order valence-corrected chi connectivity index (χ3v) is 4.21. The molecule has 3 rings (SSSR count). The lowest BCUT2D eigenvalue weighted by Gasteiger charge is -2.11. The number of urea groups is 1. The number of halogens is 3. The van der Waals surface area contributed by atoms with Crippen molar-refractivity contribution in [2.45, 2.75) is 26.6 Å². The van der Waals surface area contributed by atoms with E-state index in [0.29, 0.717) is 6.54 Å². The topological polar surface area (TPSA) is 72.1 Å². The Balaban J connectivity index is 1.57. The first-order valence-electron chi connectivity index (χ1n) is 8.55. The van der Waals surface area contributed by atoms with Crippen molar-refractivity contribution in [2.75, 3.05) is 11.9 Å². The minimum atomic E-state index is -4.46. The minimum absolute atomic E-state index is 0.0681. The molecule has 28 heavy (non-hydrogen) atoms. The molecule has 0 bridgehead atoms. The van der Waals surface area contributed by atoms with Crippen molar-refractivity contribution in [1.29, 1.82) is 0 Å². The van der Waals surface area contributed by atoms with Gasteiger partial charge >= 0.3 is 12.2 Å². The van der Waals surface area contributed by atoms with Crippen LogP contribution < -0.4 is 10.6 Å². The van der Waals surface area contributed by atoms with Crippen LogP contribution in [-0.4, -0.2) is 22.4 Å². The summed E-state index contributed by atoms with van der Waals surface area (Å²) in [7, 11) is 0. The largest absolute Gasteiger partial charge is 0.464 e. The predicted octanol–water partition coefficient (Wildman–Crippen LogP) is 4.60. The Kier molecular flexibility index (Phi) is 5.43. The van der Waals surface area contributed by atoms with Gasteiger partial charge in [0.15, 0.2) is 0 Å². The van der Waals surface area contributed by atoms with Gasteiger partial charge in [0.1, 0.15) is 5.76 Å². The maximum atomic E-state index is 12.7. The highest BCUT2D eigenvalue weighted by Crippen LogP contribution is 2.30. The van der Waals surface area contributed by atoms with Crippen LogP contribution >= 0.6 is 0 Å². The second-order valence-electron chi connectivity index (χ2n) is 6.21. The third kappa shape index (κ3) is 4.36. The first-order valence-corrected chi connectivity index (χ1v) is 8.55. The zero-order valence-corrected chi connectivity index (χ0v) is 15.3. The van der Waals surface area contributed by atoms with Gasteiger partial charge in [0, 0.05) is 17.9 Å². The van der Waals surface area contributed by atoms with Gasteiger partial charge < -0.3 is 15.1 Å². The number of alkyl halides is 3. The number of carbonyl (C=O) groups excluding carboxylic acids is 1. The van der Waals surface area contributed by atoms with Gasteiger partial charge in [0.05, 0.1) is 29.6 Å². The van der Waals surface area contributed by atoms with Crippen LogP contribution in [0.25, 0.3) is 11.3 Å². The number of hydrogen-bond acceptors (Lipinski definition) is 3. The molecule has 148 valence electrons. The number of aryl methyl sites for hydroxylation is 1. The van der Waals surface area contributed by atoms with Crippen molar-refractivity contribution >= 4 is 11.7 Å². The lowest BCUT2D eigenvalue weighted by Crippen LogP contribution is -2.32. The Morgan fingerprint density at radius 3 is 2.68 bits per heavy atom. The molecule has 0 aliphatic heterocycles. The van der Waals surface area contributed by atoms with Gasteiger partial charge in [-0.2, -0.15) is 18.3 Å². The maximum Gasteiger partial charge on any atom is 0.416 e. The number of carbonyl (C=O) groups is 1. The molecule has 6 nitrogen and oxygen atoms in total. The Bertz CT molecular complexity index is 962. The summed E-state index contributed by atoms with van der Waals surface area (Å²) in [5, 5.41) is 9.46. The molecule has 0 spiro atoms. The highest BCUT2D eigenvalue weighted by Gasteiger charge is 2.30. The van der Waals surface area contributed by atoms with Crippen LogP contribution in [0.4, 0.5) is 23.7 Å². The predicted molar refractivity (Wildman–Crippen MR) is 97.9 cm³/mol. The molecular weight excluding hydrogens is 373 g/mol. The lowest BCUT2D eigenvalue weighted by molar-refractivity contribution is -0.137. The summed E-state index contributed by atoms with van der Waals surface area (Å²) in [6.45, 7) is 4.43. The number of aromatic nitrogens is 2. The smallest absolute Gasteiger partial charge is 0.416 e. The molecule has 1 aromatic carbocycles. The summed E-state index contributed by atoms with van der Waals surface area (Å²) in [6.07, 6.45) is -2.87. The van der Waals surface area contributed by atoms with Crippen molar-refractivity contribution in [2.24, 2.45) is 0 Å². The molecule has 9 heteroatoms. The van der Waals surface area contributed by atoms with E-state index in [1.54, 1.807) is 17.0 Å². The van der Waals surface area contributed by atoms with Crippen LogP contribution in [0.3, 0.4) is 0 Å². The number of nitrogens with zero attached hydrogens (tertiary/aromatic N) is 2. The van der Waals surface area contributed by atoms with E-state index < -0.39 is 17.8 Å². The van der Waals surface area contributed by atoms with E-state index in [1.165, 1.54) is 12.1 Å². The van der Waals surface area contributed by atoms with E-state index in [9.17, 15) is 18.0 Å². The molecule has 2 aromatic heterocycles. The quantitative estimate of drug-likeness (QED) is 0.667. The first kappa shape index (κ1) is 19.5. The molecule has 0 atom stereocenters. The van der Waals surface area contributed by atoms with Crippen LogP contribution in [0.1, 0.15) is 17.0 Å². The number of anilines is 1. The molecule has 2 heterocycles. The fourth-order valence-corrected chi connectivity index (χ4v) is 2.92. The normalized spacial score (nSPS) is 11.5. The standard InChI is InChI=1S/C19H19F3N4O2/c1-12-17(16-7-4-10-28-16)13(2)26(25-12)9-8-23-18(27)24-15-6-3-5-14(11-15)19(20,21)22/h3-7,10-11H,8-9H2,1-2H3,(H2,23,24,27). The Morgan fingerprint density at radius 2 is 2.00 bits per heavy atom. The lowest BCUT2D eigenvalue weighted by atomic mass is 10.1. The fourth-order valence-electron chi connectivity index (χ4n) is 2.92. The van der Waals surface area contributed by atoms with E-state index in [0.717, 1.165) is 34.8 Å². The van der Waals surface area contributed by atoms with E-state index >= 15 is 0 Å². The van der Waals surface area contributed by atoms with Gasteiger partial charge in [0.25, 0.3) is 0 Å². The summed E-state index contributed by atoms with van der Waals surface area (Å²) < 4.78 is 45.3. The van der Waals surface area contributed by atoms with Gasteiger partial charge in [-0.05, 0) is 44.2 Å². The molecule has 0 aliphatic rings. The van der Waals surface area contributed by atoms with Gasteiger partial charge in [-0.25, -0.2) is 4.79 Å². The van der Waals surface area contributed by atoms with E-state index in [1.807, 2.05) is 19.9 Å². The molecular formula is C19H19F3N4O2. The molecule has 0 aliphatic carbocycles. The molecule has 2 N–H and O–H groups in total. The van der Waals surface area contributed by atoms with Crippen molar-refractivity contribution in [3.05, 3.63) is 59.6 Å². The first-order chi connectivity index (χ1) is 13.3. The zero-order chi connectivity index (χ0) is 20.3. The van der Waals surface area contributed by atoms with Crippen LogP contribution in [0.15, 0.2) is 47.1 Å². The van der Waals surface area contributed by atoms with E-state index in [4.69, 9.17) is 4.42 Å². The molecule has 3 aromatic rings. The van der Waals surface area contributed by atoms with Crippen LogP contribution in [0.2, 0.25) is 0 Å². The number of furan rings is 1.